The van der Waals surface area contributed by atoms with Gasteiger partial charge in [-0.15, -0.1) is 6.58 Å². The highest BCUT2D eigenvalue weighted by Gasteiger charge is 2.19. The predicted octanol–water partition coefficient (Wildman–Crippen LogP) is 0.821. The van der Waals surface area contributed by atoms with Gasteiger partial charge in [0.1, 0.15) is 0 Å². The molecule has 1 heterocycles. The molecule has 3 heteroatoms. The molecule has 1 aliphatic heterocycles. The third-order valence-corrected chi connectivity index (χ3v) is 2.24. The lowest BCUT2D eigenvalue weighted by Crippen LogP contribution is -2.35. The van der Waals surface area contributed by atoms with Crippen molar-refractivity contribution in [2.24, 2.45) is 0 Å². The second kappa shape index (κ2) is 5.75. The lowest BCUT2D eigenvalue weighted by molar-refractivity contribution is -0.119. The number of carbonyl (C=O) groups excluding carboxylic acids is 1. The van der Waals surface area contributed by atoms with Crippen LogP contribution in [0, 0.1) is 0 Å². The van der Waals surface area contributed by atoms with E-state index in [9.17, 15) is 4.79 Å². The first kappa shape index (κ1) is 10.3. The second-order valence-corrected chi connectivity index (χ2v) is 3.44. The number of amides is 1. The summed E-state index contributed by atoms with van der Waals surface area (Å²) < 4.78 is 0. The van der Waals surface area contributed by atoms with E-state index in [2.05, 4.69) is 17.2 Å². The molecule has 3 nitrogen and oxygen atoms in total. The maximum atomic E-state index is 10.8. The summed E-state index contributed by atoms with van der Waals surface area (Å²) in [6.45, 7) is 5.58. The van der Waals surface area contributed by atoms with E-state index >= 15 is 0 Å². The minimum Gasteiger partial charge on any atom is -0.352 e. The first-order chi connectivity index (χ1) is 6.33. The fourth-order valence-electron chi connectivity index (χ4n) is 1.48. The molecule has 1 atom stereocenters. The van der Waals surface area contributed by atoms with Crippen molar-refractivity contribution >= 4 is 5.91 Å². The van der Waals surface area contributed by atoms with Gasteiger partial charge in [0, 0.05) is 19.0 Å². The quantitative estimate of drug-likeness (QED) is 0.471. The topological polar surface area (TPSA) is 41.1 Å². The Balaban J connectivity index is 1.94. The summed E-state index contributed by atoms with van der Waals surface area (Å²) in [6.07, 6.45) is 5.79. The van der Waals surface area contributed by atoms with Crippen LogP contribution in [0.15, 0.2) is 12.7 Å². The van der Waals surface area contributed by atoms with Gasteiger partial charge in [-0.05, 0) is 25.8 Å². The molecule has 13 heavy (non-hydrogen) atoms. The number of carbonyl (C=O) groups is 1. The average molecular weight is 182 g/mol. The lowest BCUT2D eigenvalue weighted by atomic mass is 10.2. The number of unbranched alkanes of at least 4 members (excludes halogenated alkanes) is 1. The van der Waals surface area contributed by atoms with Crippen LogP contribution in [-0.4, -0.2) is 25.0 Å². The molecular weight excluding hydrogens is 164 g/mol. The normalized spacial score (nSPS) is 21.5. The van der Waals surface area contributed by atoms with Gasteiger partial charge in [-0.1, -0.05) is 6.08 Å². The van der Waals surface area contributed by atoms with Crippen molar-refractivity contribution in [2.75, 3.05) is 13.1 Å². The summed E-state index contributed by atoms with van der Waals surface area (Å²) in [7, 11) is 0. The zero-order valence-corrected chi connectivity index (χ0v) is 8.01. The van der Waals surface area contributed by atoms with Crippen molar-refractivity contribution in [3.8, 4) is 0 Å². The molecule has 1 aliphatic rings. The van der Waals surface area contributed by atoms with Gasteiger partial charge in [0.2, 0.25) is 5.91 Å². The Morgan fingerprint density at radius 2 is 2.54 bits per heavy atom. The fourth-order valence-corrected chi connectivity index (χ4v) is 1.48. The molecule has 0 aromatic rings. The highest BCUT2D eigenvalue weighted by Crippen LogP contribution is 2.04. The Kier molecular flexibility index (Phi) is 4.54. The van der Waals surface area contributed by atoms with Crippen molar-refractivity contribution in [1.82, 2.24) is 10.6 Å². The van der Waals surface area contributed by atoms with E-state index in [4.69, 9.17) is 0 Å². The SMILES string of the molecule is C=CCCCNCC1CCC(=O)N1. The van der Waals surface area contributed by atoms with Gasteiger partial charge in [0.15, 0.2) is 0 Å². The molecule has 0 aromatic heterocycles. The molecule has 1 fully saturated rings. The van der Waals surface area contributed by atoms with E-state index in [1.165, 1.54) is 0 Å². The molecular formula is C10H18N2O. The molecule has 0 bridgehead atoms. The molecule has 0 spiro atoms. The highest BCUT2D eigenvalue weighted by atomic mass is 16.1. The van der Waals surface area contributed by atoms with E-state index < -0.39 is 0 Å². The summed E-state index contributed by atoms with van der Waals surface area (Å²) >= 11 is 0. The third kappa shape index (κ3) is 4.08. The Labute approximate surface area is 79.6 Å². The molecule has 1 unspecified atom stereocenters. The molecule has 74 valence electrons. The van der Waals surface area contributed by atoms with Crippen LogP contribution in [0.1, 0.15) is 25.7 Å². The van der Waals surface area contributed by atoms with Gasteiger partial charge in [-0.2, -0.15) is 0 Å². The number of allylic oxidation sites excluding steroid dienone is 1. The molecule has 1 saturated heterocycles. The molecule has 0 aliphatic carbocycles. The van der Waals surface area contributed by atoms with E-state index in [1.807, 2.05) is 6.08 Å². The third-order valence-electron chi connectivity index (χ3n) is 2.24. The van der Waals surface area contributed by atoms with Crippen LogP contribution in [0.5, 0.6) is 0 Å². The summed E-state index contributed by atoms with van der Waals surface area (Å²) in [5.74, 6) is 0.192. The molecule has 0 aromatic carbocycles. The van der Waals surface area contributed by atoms with Crippen molar-refractivity contribution in [2.45, 2.75) is 31.7 Å². The smallest absolute Gasteiger partial charge is 0.220 e. The summed E-state index contributed by atoms with van der Waals surface area (Å²) in [4.78, 5) is 10.8. The molecule has 0 radical (unpaired) electrons. The number of hydrogen-bond acceptors (Lipinski definition) is 2. The fraction of sp³-hybridized carbons (Fsp3) is 0.700. The molecule has 1 rings (SSSR count). The van der Waals surface area contributed by atoms with Crippen molar-refractivity contribution in [3.05, 3.63) is 12.7 Å². The highest BCUT2D eigenvalue weighted by molar-refractivity contribution is 5.78. The van der Waals surface area contributed by atoms with Crippen LogP contribution in [0.25, 0.3) is 0 Å². The molecule has 2 N–H and O–H groups in total. The molecule has 1 amide bonds. The van der Waals surface area contributed by atoms with E-state index in [0.29, 0.717) is 12.5 Å². The Morgan fingerprint density at radius 1 is 1.69 bits per heavy atom. The number of hydrogen-bond donors (Lipinski definition) is 2. The molecule has 0 saturated carbocycles. The second-order valence-electron chi connectivity index (χ2n) is 3.44. The zero-order valence-electron chi connectivity index (χ0n) is 8.01. The van der Waals surface area contributed by atoms with Crippen LogP contribution in [-0.2, 0) is 4.79 Å². The number of nitrogens with one attached hydrogen (secondary N) is 2. The van der Waals surface area contributed by atoms with Gasteiger partial charge in [-0.25, -0.2) is 0 Å². The zero-order chi connectivity index (χ0) is 9.52. The number of rotatable bonds is 6. The van der Waals surface area contributed by atoms with Crippen LogP contribution >= 0.6 is 0 Å². The maximum Gasteiger partial charge on any atom is 0.220 e. The average Bonchev–Trinajstić information content (AvgIpc) is 2.51. The van der Waals surface area contributed by atoms with Gasteiger partial charge < -0.3 is 10.6 Å². The van der Waals surface area contributed by atoms with Crippen LogP contribution < -0.4 is 10.6 Å². The standard InChI is InChI=1S/C10H18N2O/c1-2-3-4-7-11-8-9-5-6-10(13)12-9/h2,9,11H,1,3-8H2,(H,12,13). The van der Waals surface area contributed by atoms with Crippen LogP contribution in [0.2, 0.25) is 0 Å². The van der Waals surface area contributed by atoms with Gasteiger partial charge in [0.25, 0.3) is 0 Å². The first-order valence-electron chi connectivity index (χ1n) is 4.94. The minimum atomic E-state index is 0.192. The van der Waals surface area contributed by atoms with Crippen molar-refractivity contribution in [3.63, 3.8) is 0 Å². The van der Waals surface area contributed by atoms with E-state index in [0.717, 1.165) is 32.4 Å². The Hall–Kier alpha value is -0.830. The summed E-state index contributed by atoms with van der Waals surface area (Å²) in [5, 5.41) is 6.24. The Bertz CT molecular complexity index is 180. The maximum absolute atomic E-state index is 10.8. The van der Waals surface area contributed by atoms with Crippen molar-refractivity contribution < 1.29 is 4.79 Å². The lowest BCUT2D eigenvalue weighted by Gasteiger charge is -2.10. The van der Waals surface area contributed by atoms with Gasteiger partial charge in [0.05, 0.1) is 0 Å². The summed E-state index contributed by atoms with van der Waals surface area (Å²) in [5.41, 5.74) is 0. The summed E-state index contributed by atoms with van der Waals surface area (Å²) in [6, 6.07) is 0.358. The van der Waals surface area contributed by atoms with Crippen molar-refractivity contribution in [1.29, 1.82) is 0 Å². The van der Waals surface area contributed by atoms with Crippen LogP contribution in [0.3, 0.4) is 0 Å². The van der Waals surface area contributed by atoms with E-state index in [1.54, 1.807) is 0 Å². The largest absolute Gasteiger partial charge is 0.352 e. The van der Waals surface area contributed by atoms with Gasteiger partial charge >= 0.3 is 0 Å². The Morgan fingerprint density at radius 3 is 3.15 bits per heavy atom. The monoisotopic (exact) mass is 182 g/mol. The van der Waals surface area contributed by atoms with Gasteiger partial charge in [-0.3, -0.25) is 4.79 Å². The van der Waals surface area contributed by atoms with Crippen LogP contribution in [0.4, 0.5) is 0 Å². The minimum absolute atomic E-state index is 0.192. The van der Waals surface area contributed by atoms with E-state index in [-0.39, 0.29) is 5.91 Å². The first-order valence-corrected chi connectivity index (χ1v) is 4.94. The predicted molar refractivity (Wildman–Crippen MR) is 53.5 cm³/mol.